The Bertz CT molecular complexity index is 466. The second-order valence-electron chi connectivity index (χ2n) is 4.86. The second-order valence-corrected chi connectivity index (χ2v) is 4.86. The molecule has 1 aliphatic rings. The van der Waals surface area contributed by atoms with E-state index in [1.165, 1.54) is 12.3 Å². The third-order valence-electron chi connectivity index (χ3n) is 3.53. The van der Waals surface area contributed by atoms with E-state index >= 15 is 0 Å². The summed E-state index contributed by atoms with van der Waals surface area (Å²) in [7, 11) is 0. The van der Waals surface area contributed by atoms with Gasteiger partial charge in [-0.05, 0) is 24.8 Å². The van der Waals surface area contributed by atoms with Crippen LogP contribution in [-0.4, -0.2) is 28.9 Å². The molecule has 1 saturated heterocycles. The molecular weight excluding hydrogens is 247 g/mol. The third-order valence-corrected chi connectivity index (χ3v) is 3.53. The molecule has 0 aliphatic carbocycles. The molecule has 1 aromatic rings. The molecule has 104 valence electrons. The van der Waals surface area contributed by atoms with Gasteiger partial charge in [0.25, 0.3) is 5.91 Å². The van der Waals surface area contributed by atoms with Gasteiger partial charge in [-0.1, -0.05) is 13.3 Å². The summed E-state index contributed by atoms with van der Waals surface area (Å²) in [5.74, 6) is 4.62. The molecule has 19 heavy (non-hydrogen) atoms. The zero-order valence-electron chi connectivity index (χ0n) is 11.0. The van der Waals surface area contributed by atoms with E-state index in [1.54, 1.807) is 4.90 Å². The second kappa shape index (κ2) is 5.97. The fourth-order valence-electron chi connectivity index (χ4n) is 2.54. The van der Waals surface area contributed by atoms with Crippen molar-refractivity contribution in [2.24, 2.45) is 11.8 Å². The molecule has 1 unspecified atom stereocenters. The van der Waals surface area contributed by atoms with Crippen molar-refractivity contribution in [2.75, 3.05) is 18.5 Å². The average Bonchev–Trinajstić information content (AvgIpc) is 2.87. The number of hydrogen-bond donors (Lipinski definition) is 2. The fourth-order valence-corrected chi connectivity index (χ4v) is 2.54. The van der Waals surface area contributed by atoms with Gasteiger partial charge in [0.15, 0.2) is 11.6 Å². The van der Waals surface area contributed by atoms with Crippen molar-refractivity contribution >= 4 is 11.7 Å². The lowest BCUT2D eigenvalue weighted by Gasteiger charge is -2.17. The number of nitrogens with two attached hydrogens (primary N) is 1. The molecule has 2 rings (SSSR count). The lowest BCUT2D eigenvalue weighted by molar-refractivity contribution is 0.0782. The number of hydrazine groups is 1. The maximum absolute atomic E-state index is 14.0. The van der Waals surface area contributed by atoms with Crippen LogP contribution in [0.15, 0.2) is 12.3 Å². The molecule has 0 spiro atoms. The zero-order chi connectivity index (χ0) is 13.8. The van der Waals surface area contributed by atoms with E-state index < -0.39 is 5.82 Å². The minimum Gasteiger partial charge on any atom is -0.338 e. The Balaban J connectivity index is 2.12. The number of halogens is 1. The van der Waals surface area contributed by atoms with Gasteiger partial charge in [0, 0.05) is 19.3 Å². The average molecular weight is 266 g/mol. The maximum Gasteiger partial charge on any atom is 0.257 e. The van der Waals surface area contributed by atoms with Crippen molar-refractivity contribution < 1.29 is 9.18 Å². The Hall–Kier alpha value is -1.69. The van der Waals surface area contributed by atoms with Crippen LogP contribution in [0.25, 0.3) is 0 Å². The van der Waals surface area contributed by atoms with Crippen LogP contribution >= 0.6 is 0 Å². The first-order valence-corrected chi connectivity index (χ1v) is 6.57. The monoisotopic (exact) mass is 266 g/mol. The first-order valence-electron chi connectivity index (χ1n) is 6.57. The van der Waals surface area contributed by atoms with Crippen LogP contribution in [0.4, 0.5) is 10.2 Å². The van der Waals surface area contributed by atoms with Crippen LogP contribution in [0, 0.1) is 11.7 Å². The minimum absolute atomic E-state index is 0.0279. The molecule has 1 atom stereocenters. The van der Waals surface area contributed by atoms with Crippen molar-refractivity contribution in [3.63, 3.8) is 0 Å². The number of amides is 1. The smallest absolute Gasteiger partial charge is 0.257 e. The quantitative estimate of drug-likeness (QED) is 0.643. The van der Waals surface area contributed by atoms with Gasteiger partial charge in [0.2, 0.25) is 0 Å². The normalized spacial score (nSPS) is 18.7. The molecule has 1 fully saturated rings. The number of nitrogens with one attached hydrogen (secondary N) is 1. The predicted octanol–water partition coefficient (Wildman–Crippen LogP) is 1.77. The van der Waals surface area contributed by atoms with Gasteiger partial charge in [-0.2, -0.15) is 0 Å². The Morgan fingerprint density at radius 1 is 1.68 bits per heavy atom. The number of carbonyl (C=O) groups excluding carboxylic acids is 1. The summed E-state index contributed by atoms with van der Waals surface area (Å²) in [4.78, 5) is 17.7. The minimum atomic E-state index is -0.686. The summed E-state index contributed by atoms with van der Waals surface area (Å²) in [6, 6.07) is 1.39. The molecule has 1 aromatic heterocycles. The maximum atomic E-state index is 14.0. The Morgan fingerprint density at radius 3 is 3.16 bits per heavy atom. The van der Waals surface area contributed by atoms with E-state index in [4.69, 9.17) is 5.84 Å². The number of likely N-dealkylation sites (tertiary alicyclic amines) is 1. The molecule has 2 heterocycles. The SMILES string of the molecule is CCCC1CCN(C(=O)c2ccnc(NN)c2F)C1. The number of nitrogens with zero attached hydrogens (tertiary/aromatic N) is 2. The Labute approximate surface area is 112 Å². The van der Waals surface area contributed by atoms with Crippen molar-refractivity contribution in [3.8, 4) is 0 Å². The van der Waals surface area contributed by atoms with E-state index in [9.17, 15) is 9.18 Å². The van der Waals surface area contributed by atoms with Crippen molar-refractivity contribution in [1.82, 2.24) is 9.88 Å². The molecule has 0 bridgehead atoms. The van der Waals surface area contributed by atoms with E-state index in [0.717, 1.165) is 19.3 Å². The van der Waals surface area contributed by atoms with Crippen molar-refractivity contribution in [3.05, 3.63) is 23.6 Å². The molecule has 0 aromatic carbocycles. The van der Waals surface area contributed by atoms with Gasteiger partial charge >= 0.3 is 0 Å². The van der Waals surface area contributed by atoms with Gasteiger partial charge in [-0.25, -0.2) is 15.2 Å². The van der Waals surface area contributed by atoms with E-state index in [1.807, 2.05) is 0 Å². The lowest BCUT2D eigenvalue weighted by Crippen LogP contribution is -2.30. The number of nitrogen functional groups attached to an aromatic ring is 1. The first kappa shape index (κ1) is 13.7. The van der Waals surface area contributed by atoms with E-state index in [2.05, 4.69) is 17.3 Å². The topological polar surface area (TPSA) is 71.2 Å². The van der Waals surface area contributed by atoms with Gasteiger partial charge in [-0.15, -0.1) is 0 Å². The van der Waals surface area contributed by atoms with Crippen LogP contribution in [0.2, 0.25) is 0 Å². The summed E-state index contributed by atoms with van der Waals surface area (Å²) in [6.07, 6.45) is 4.59. The summed E-state index contributed by atoms with van der Waals surface area (Å²) in [6.45, 7) is 3.53. The molecule has 3 N–H and O–H groups in total. The number of hydrogen-bond acceptors (Lipinski definition) is 4. The van der Waals surface area contributed by atoms with Gasteiger partial charge < -0.3 is 10.3 Å². The molecule has 1 amide bonds. The highest BCUT2D eigenvalue weighted by Crippen LogP contribution is 2.24. The predicted molar refractivity (Wildman–Crippen MR) is 70.9 cm³/mol. The molecular formula is C13H19FN4O. The van der Waals surface area contributed by atoms with Gasteiger partial charge in [0.05, 0.1) is 5.56 Å². The molecule has 0 radical (unpaired) electrons. The van der Waals surface area contributed by atoms with Crippen LogP contribution in [-0.2, 0) is 0 Å². The fraction of sp³-hybridized carbons (Fsp3) is 0.538. The molecule has 6 heteroatoms. The van der Waals surface area contributed by atoms with E-state index in [-0.39, 0.29) is 17.3 Å². The van der Waals surface area contributed by atoms with Crippen molar-refractivity contribution in [1.29, 1.82) is 0 Å². The number of anilines is 1. The highest BCUT2D eigenvalue weighted by molar-refractivity contribution is 5.95. The summed E-state index contributed by atoms with van der Waals surface area (Å²) in [5, 5.41) is 0. The summed E-state index contributed by atoms with van der Waals surface area (Å²) < 4.78 is 14.0. The van der Waals surface area contributed by atoms with Crippen LogP contribution in [0.1, 0.15) is 36.5 Å². The number of rotatable bonds is 4. The zero-order valence-corrected chi connectivity index (χ0v) is 11.0. The standard InChI is InChI=1S/C13H19FN4O/c1-2-3-9-5-7-18(8-9)13(19)10-4-6-16-12(17-15)11(10)14/h4,6,9H,2-3,5,7-8,15H2,1H3,(H,16,17). The first-order chi connectivity index (χ1) is 9.17. The van der Waals surface area contributed by atoms with Gasteiger partial charge in [0.1, 0.15) is 0 Å². The highest BCUT2D eigenvalue weighted by Gasteiger charge is 2.28. The summed E-state index contributed by atoms with van der Waals surface area (Å²) >= 11 is 0. The van der Waals surface area contributed by atoms with Crippen LogP contribution in [0.5, 0.6) is 0 Å². The van der Waals surface area contributed by atoms with E-state index in [0.29, 0.717) is 19.0 Å². The van der Waals surface area contributed by atoms with Crippen molar-refractivity contribution in [2.45, 2.75) is 26.2 Å². The number of aromatic nitrogens is 1. The molecule has 0 saturated carbocycles. The number of carbonyl (C=O) groups is 1. The third kappa shape index (κ3) is 2.84. The number of pyridine rings is 1. The van der Waals surface area contributed by atoms with Gasteiger partial charge in [-0.3, -0.25) is 4.79 Å². The van der Waals surface area contributed by atoms with Crippen LogP contribution < -0.4 is 11.3 Å². The van der Waals surface area contributed by atoms with Crippen LogP contribution in [0.3, 0.4) is 0 Å². The Kier molecular flexibility index (Phi) is 4.31. The largest absolute Gasteiger partial charge is 0.338 e. The molecule has 5 nitrogen and oxygen atoms in total. The molecule has 1 aliphatic heterocycles. The summed E-state index contributed by atoms with van der Waals surface area (Å²) in [5.41, 5.74) is 2.18. The highest BCUT2D eigenvalue weighted by atomic mass is 19.1. The lowest BCUT2D eigenvalue weighted by atomic mass is 10.0. The Morgan fingerprint density at radius 2 is 2.47 bits per heavy atom.